The third-order valence-electron chi connectivity index (χ3n) is 7.50. The van der Waals surface area contributed by atoms with Crippen molar-refractivity contribution in [3.63, 3.8) is 0 Å². The van der Waals surface area contributed by atoms with Crippen LogP contribution in [0.3, 0.4) is 0 Å². The second-order valence-corrected chi connectivity index (χ2v) is 10.1. The molecule has 0 heterocycles. The Morgan fingerprint density at radius 1 is 0.595 bits per heavy atom. The summed E-state index contributed by atoms with van der Waals surface area (Å²) >= 11 is 0. The van der Waals surface area contributed by atoms with Gasteiger partial charge in [-0.25, -0.2) is 0 Å². The number of rotatable bonds is 7. The van der Waals surface area contributed by atoms with E-state index in [4.69, 9.17) is 0 Å². The number of phenols is 3. The van der Waals surface area contributed by atoms with Gasteiger partial charge in [0, 0.05) is 28.8 Å². The van der Waals surface area contributed by atoms with Crippen LogP contribution in [0, 0.1) is 0 Å². The minimum absolute atomic E-state index is 0.0785. The van der Waals surface area contributed by atoms with Gasteiger partial charge >= 0.3 is 0 Å². The van der Waals surface area contributed by atoms with Crippen LogP contribution in [0.2, 0.25) is 0 Å². The number of carbonyl (C=O) groups is 2. The van der Waals surface area contributed by atoms with Crippen LogP contribution >= 0.6 is 0 Å². The zero-order valence-electron chi connectivity index (χ0n) is 22.5. The molecule has 6 rings (SSSR count). The number of Topliss-reactive ketones (excluding diaryl/α,β-unsaturated/α-hetero) is 1. The highest BCUT2D eigenvalue weighted by molar-refractivity contribution is 6.39. The smallest absolute Gasteiger partial charge is 0.251 e. The molecule has 42 heavy (non-hydrogen) atoms. The normalized spacial score (nSPS) is 12.1. The molecule has 1 aliphatic carbocycles. The van der Waals surface area contributed by atoms with Crippen LogP contribution in [0.15, 0.2) is 109 Å². The van der Waals surface area contributed by atoms with Gasteiger partial charge in [0.2, 0.25) is 5.75 Å². The average Bonchev–Trinajstić information content (AvgIpc) is 3.37. The van der Waals surface area contributed by atoms with E-state index < -0.39 is 23.0 Å². The van der Waals surface area contributed by atoms with Crippen molar-refractivity contribution in [1.82, 2.24) is 5.32 Å². The first-order chi connectivity index (χ1) is 20.4. The van der Waals surface area contributed by atoms with E-state index >= 15 is 0 Å². The lowest BCUT2D eigenvalue weighted by Crippen LogP contribution is -2.25. The summed E-state index contributed by atoms with van der Waals surface area (Å²) in [5.74, 6) is -2.63. The van der Waals surface area contributed by atoms with Crippen molar-refractivity contribution in [2.45, 2.75) is 6.42 Å². The van der Waals surface area contributed by atoms with Crippen LogP contribution in [0.1, 0.15) is 37.4 Å². The highest BCUT2D eigenvalue weighted by Crippen LogP contribution is 2.52. The van der Waals surface area contributed by atoms with Crippen LogP contribution in [-0.2, 0) is 6.42 Å². The van der Waals surface area contributed by atoms with E-state index in [9.17, 15) is 24.9 Å². The van der Waals surface area contributed by atoms with Crippen molar-refractivity contribution in [2.75, 3.05) is 6.54 Å². The first-order valence-corrected chi connectivity index (χ1v) is 13.6. The largest absolute Gasteiger partial charge is 0.504 e. The van der Waals surface area contributed by atoms with Crippen LogP contribution in [0.4, 0.5) is 0 Å². The van der Waals surface area contributed by atoms with E-state index in [0.717, 1.165) is 16.7 Å². The summed E-state index contributed by atoms with van der Waals surface area (Å²) in [5, 5.41) is 35.0. The van der Waals surface area contributed by atoms with Gasteiger partial charge in [-0.2, -0.15) is 0 Å². The summed E-state index contributed by atoms with van der Waals surface area (Å²) in [7, 11) is 0. The Morgan fingerprint density at radius 3 is 1.81 bits per heavy atom. The van der Waals surface area contributed by atoms with Crippen molar-refractivity contribution >= 4 is 23.3 Å². The number of allylic oxidation sites excluding steroid dienone is 1. The van der Waals surface area contributed by atoms with E-state index in [0.29, 0.717) is 35.2 Å². The molecule has 0 fully saturated rings. The van der Waals surface area contributed by atoms with Crippen LogP contribution < -0.4 is 5.32 Å². The SMILES string of the molecule is O=C(NCCc1ccccc1)c1ccc(C2=Cc3c(c(O)c(O)c(O)c3-c3ccc(-c4ccccc4)cc3)C2=O)cc1. The number of carbonyl (C=O) groups excluding carboxylic acids is 2. The minimum atomic E-state index is -0.749. The third-order valence-corrected chi connectivity index (χ3v) is 7.50. The van der Waals surface area contributed by atoms with Gasteiger partial charge in [-0.05, 0) is 52.4 Å². The first-order valence-electron chi connectivity index (χ1n) is 13.6. The molecule has 5 aromatic carbocycles. The number of nitrogens with one attached hydrogen (secondary N) is 1. The summed E-state index contributed by atoms with van der Waals surface area (Å²) in [4.78, 5) is 26.2. The Hall–Kier alpha value is -5.62. The number of amides is 1. The number of benzene rings is 5. The molecule has 0 spiro atoms. The van der Waals surface area contributed by atoms with Gasteiger partial charge in [0.05, 0.1) is 5.56 Å². The zero-order chi connectivity index (χ0) is 29.2. The Balaban J connectivity index is 1.28. The number of hydrogen-bond acceptors (Lipinski definition) is 5. The molecule has 0 bridgehead atoms. The molecular weight excluding hydrogens is 526 g/mol. The van der Waals surface area contributed by atoms with E-state index in [1.54, 1.807) is 42.5 Å². The maximum absolute atomic E-state index is 13.5. The summed E-state index contributed by atoms with van der Waals surface area (Å²) in [6.07, 6.45) is 2.32. The van der Waals surface area contributed by atoms with Gasteiger partial charge in [0.25, 0.3) is 5.91 Å². The fraction of sp³-hybridized carbons (Fsp3) is 0.0556. The molecule has 206 valence electrons. The fourth-order valence-corrected chi connectivity index (χ4v) is 5.28. The molecule has 0 unspecified atom stereocenters. The van der Waals surface area contributed by atoms with Gasteiger partial charge in [0.1, 0.15) is 0 Å². The van der Waals surface area contributed by atoms with Gasteiger partial charge in [-0.1, -0.05) is 97.1 Å². The average molecular weight is 554 g/mol. The molecule has 4 N–H and O–H groups in total. The predicted octanol–water partition coefficient (Wildman–Crippen LogP) is 6.85. The maximum atomic E-state index is 13.5. The predicted molar refractivity (Wildman–Crippen MR) is 163 cm³/mol. The Kier molecular flexibility index (Phi) is 7.03. The molecule has 0 saturated carbocycles. The van der Waals surface area contributed by atoms with E-state index in [-0.39, 0.29) is 22.6 Å². The first kappa shape index (κ1) is 26.6. The number of phenolic OH excluding ortho intramolecular Hbond substituents is 3. The van der Waals surface area contributed by atoms with Crippen LogP contribution in [0.5, 0.6) is 17.2 Å². The Labute approximate surface area is 242 Å². The molecule has 0 saturated heterocycles. The Morgan fingerprint density at radius 2 is 1.14 bits per heavy atom. The van der Waals surface area contributed by atoms with E-state index in [1.807, 2.05) is 72.8 Å². The lowest BCUT2D eigenvalue weighted by Gasteiger charge is -2.14. The standard InChI is InChI=1S/C36H27NO5/c38-32-28(25-13-17-27(18-14-25)36(42)37-20-19-22-7-3-1-4-8-22)21-29-30(33(39)35(41)34(40)31(29)32)26-15-11-24(12-16-26)23-9-5-2-6-10-23/h1-18,21,39-41H,19-20H2,(H,37,42). The number of ketones is 1. The molecule has 1 amide bonds. The lowest BCUT2D eigenvalue weighted by atomic mass is 9.93. The van der Waals surface area contributed by atoms with Crippen molar-refractivity contribution in [2.24, 2.45) is 0 Å². The van der Waals surface area contributed by atoms with Gasteiger partial charge in [0.15, 0.2) is 17.3 Å². The fourth-order valence-electron chi connectivity index (χ4n) is 5.28. The maximum Gasteiger partial charge on any atom is 0.251 e. The second kappa shape index (κ2) is 11.1. The van der Waals surface area contributed by atoms with Crippen molar-refractivity contribution in [1.29, 1.82) is 0 Å². The third kappa shape index (κ3) is 4.90. The van der Waals surface area contributed by atoms with E-state index in [2.05, 4.69) is 5.32 Å². The second-order valence-electron chi connectivity index (χ2n) is 10.1. The van der Waals surface area contributed by atoms with Gasteiger partial charge in [-0.15, -0.1) is 0 Å². The highest BCUT2D eigenvalue weighted by atomic mass is 16.3. The summed E-state index contributed by atoms with van der Waals surface area (Å²) in [5.41, 5.74) is 5.46. The summed E-state index contributed by atoms with van der Waals surface area (Å²) < 4.78 is 0. The molecule has 6 nitrogen and oxygen atoms in total. The van der Waals surface area contributed by atoms with Crippen LogP contribution in [0.25, 0.3) is 33.9 Å². The topological polar surface area (TPSA) is 107 Å². The molecule has 0 atom stereocenters. The zero-order valence-corrected chi connectivity index (χ0v) is 22.5. The van der Waals surface area contributed by atoms with Gasteiger partial charge < -0.3 is 20.6 Å². The molecule has 6 heteroatoms. The van der Waals surface area contributed by atoms with Gasteiger partial charge in [-0.3, -0.25) is 9.59 Å². The highest BCUT2D eigenvalue weighted by Gasteiger charge is 2.34. The van der Waals surface area contributed by atoms with Crippen molar-refractivity contribution in [3.05, 3.63) is 137 Å². The summed E-state index contributed by atoms with van der Waals surface area (Å²) in [6, 6.07) is 33.7. The van der Waals surface area contributed by atoms with Crippen LogP contribution in [-0.4, -0.2) is 33.6 Å². The Bertz CT molecular complexity index is 1830. The number of hydrogen-bond donors (Lipinski definition) is 4. The van der Waals surface area contributed by atoms with Crippen molar-refractivity contribution in [3.8, 4) is 39.5 Å². The molecule has 5 aromatic rings. The molecular formula is C36H27NO5. The quantitative estimate of drug-likeness (QED) is 0.165. The van der Waals surface area contributed by atoms with E-state index in [1.165, 1.54) is 0 Å². The lowest BCUT2D eigenvalue weighted by molar-refractivity contribution is 0.0953. The molecule has 0 aliphatic heterocycles. The molecule has 0 radical (unpaired) electrons. The number of fused-ring (bicyclic) bond motifs is 1. The molecule has 0 aromatic heterocycles. The number of aromatic hydroxyl groups is 3. The minimum Gasteiger partial charge on any atom is -0.504 e. The van der Waals surface area contributed by atoms with Crippen molar-refractivity contribution < 1.29 is 24.9 Å². The molecule has 1 aliphatic rings. The summed E-state index contributed by atoms with van der Waals surface area (Å²) in [6.45, 7) is 0.491. The monoisotopic (exact) mass is 553 g/mol.